The van der Waals surface area contributed by atoms with Crippen LogP contribution in [-0.4, -0.2) is 59.1 Å². The summed E-state index contributed by atoms with van der Waals surface area (Å²) >= 11 is 0.945. The molecule has 4 aromatic rings. The third-order valence-corrected chi connectivity index (χ3v) is 10.6. The molecule has 3 aliphatic rings. The molecule has 2 aliphatic heterocycles. The van der Waals surface area contributed by atoms with Gasteiger partial charge in [0, 0.05) is 54.9 Å². The highest BCUT2D eigenvalue weighted by Crippen LogP contribution is 2.44. The van der Waals surface area contributed by atoms with Crippen LogP contribution >= 0.6 is 11.3 Å². The summed E-state index contributed by atoms with van der Waals surface area (Å²) < 4.78 is 74.2. The van der Waals surface area contributed by atoms with Crippen molar-refractivity contribution in [3.63, 3.8) is 0 Å². The van der Waals surface area contributed by atoms with Crippen LogP contribution < -0.4 is 4.90 Å². The van der Waals surface area contributed by atoms with Gasteiger partial charge in [-0.25, -0.2) is 23.4 Å². The van der Waals surface area contributed by atoms with Crippen LogP contribution in [0.5, 0.6) is 0 Å². The number of halogens is 3. The lowest BCUT2D eigenvalue weighted by molar-refractivity contribution is -0.137. The van der Waals surface area contributed by atoms with Gasteiger partial charge in [-0.3, -0.25) is 4.68 Å². The topological polar surface area (TPSA) is 103 Å². The maximum Gasteiger partial charge on any atom is 0.416 e. The van der Waals surface area contributed by atoms with Gasteiger partial charge < -0.3 is 9.64 Å². The molecule has 2 saturated heterocycles. The van der Waals surface area contributed by atoms with Crippen molar-refractivity contribution in [1.29, 1.82) is 0 Å². The molecule has 3 fully saturated rings. The molecule has 7 rings (SSSR count). The van der Waals surface area contributed by atoms with E-state index in [0.29, 0.717) is 66.0 Å². The van der Waals surface area contributed by atoms with Gasteiger partial charge in [-0.2, -0.15) is 18.3 Å². The van der Waals surface area contributed by atoms with Crippen molar-refractivity contribution in [2.45, 2.75) is 60.7 Å². The Balaban J connectivity index is 1.33. The molecular formula is C27H27F3N6O3S2. The molecule has 1 saturated carbocycles. The van der Waals surface area contributed by atoms with E-state index in [0.717, 1.165) is 54.6 Å². The Hall–Kier alpha value is -3.10. The maximum absolute atomic E-state index is 13.7. The fraction of sp³-hybridized carbons (Fsp3) is 0.481. The van der Waals surface area contributed by atoms with Crippen LogP contribution in [0.1, 0.15) is 67.1 Å². The number of anilines is 1. The summed E-state index contributed by atoms with van der Waals surface area (Å²) in [5.41, 5.74) is 1.80. The van der Waals surface area contributed by atoms with E-state index in [1.165, 1.54) is 6.07 Å². The fourth-order valence-electron chi connectivity index (χ4n) is 5.39. The number of aromatic nitrogens is 5. The second-order valence-electron chi connectivity index (χ2n) is 11.0. The van der Waals surface area contributed by atoms with Gasteiger partial charge in [-0.05, 0) is 44.2 Å². The summed E-state index contributed by atoms with van der Waals surface area (Å²) in [4.78, 5) is 15.9. The van der Waals surface area contributed by atoms with Crippen LogP contribution in [0.25, 0.3) is 21.6 Å². The molecule has 9 nitrogen and oxygen atoms in total. The lowest BCUT2D eigenvalue weighted by Crippen LogP contribution is -2.37. The van der Waals surface area contributed by atoms with Crippen LogP contribution in [0.2, 0.25) is 0 Å². The summed E-state index contributed by atoms with van der Waals surface area (Å²) in [6.45, 7) is 1.73. The van der Waals surface area contributed by atoms with Gasteiger partial charge in [-0.1, -0.05) is 17.4 Å². The van der Waals surface area contributed by atoms with E-state index in [-0.39, 0.29) is 22.0 Å². The van der Waals surface area contributed by atoms with Crippen LogP contribution in [0.4, 0.5) is 18.9 Å². The molecule has 3 aromatic heterocycles. The Labute approximate surface area is 238 Å². The number of hydrogen-bond acceptors (Lipinski definition) is 9. The highest BCUT2D eigenvalue weighted by Gasteiger charge is 2.35. The Morgan fingerprint density at radius 3 is 2.59 bits per heavy atom. The van der Waals surface area contributed by atoms with Crippen LogP contribution in [0.3, 0.4) is 0 Å². The van der Waals surface area contributed by atoms with Gasteiger partial charge in [0.15, 0.2) is 5.65 Å². The number of rotatable bonds is 6. The average Bonchev–Trinajstić information content (AvgIpc) is 3.45. The quantitative estimate of drug-likeness (QED) is 0.282. The van der Waals surface area contributed by atoms with Gasteiger partial charge in [0.25, 0.3) is 0 Å². The number of thiazole rings is 1. The van der Waals surface area contributed by atoms with Crippen LogP contribution in [0.15, 0.2) is 34.9 Å². The molecular weight excluding hydrogens is 577 g/mol. The highest BCUT2D eigenvalue weighted by molar-refractivity contribution is 7.92. The Kier molecular flexibility index (Phi) is 6.36. The van der Waals surface area contributed by atoms with Crippen molar-refractivity contribution < 1.29 is 26.3 Å². The number of hydrogen-bond donors (Lipinski definition) is 0. The minimum absolute atomic E-state index is 0.102. The molecule has 0 N–H and O–H groups in total. The van der Waals surface area contributed by atoms with Crippen molar-refractivity contribution in [1.82, 2.24) is 24.7 Å². The molecule has 0 bridgehead atoms. The fourth-order valence-corrected chi connectivity index (χ4v) is 7.24. The SMILES string of the molecule is CS(=O)(=O)c1nc2nc([C@H]3CCO[C@H](c4cnn(C5CC5)c4)C3)nc(-c3ccc(C(F)(F)F)cc3N3CCC3)c2s1. The van der Waals surface area contributed by atoms with E-state index in [9.17, 15) is 21.6 Å². The third-order valence-electron chi connectivity index (χ3n) is 7.91. The van der Waals surface area contributed by atoms with Gasteiger partial charge in [0.05, 0.1) is 29.6 Å². The first kappa shape index (κ1) is 26.8. The summed E-state index contributed by atoms with van der Waals surface area (Å²) in [6.07, 6.45) is 4.60. The molecule has 2 atom stereocenters. The van der Waals surface area contributed by atoms with E-state index >= 15 is 0 Å². The van der Waals surface area contributed by atoms with E-state index in [4.69, 9.17) is 14.7 Å². The van der Waals surface area contributed by atoms with Crippen molar-refractivity contribution in [3.05, 3.63) is 47.5 Å². The molecule has 14 heteroatoms. The van der Waals surface area contributed by atoms with Gasteiger partial charge in [0.1, 0.15) is 10.5 Å². The van der Waals surface area contributed by atoms with Crippen molar-refractivity contribution in [3.8, 4) is 11.3 Å². The molecule has 0 unspecified atom stereocenters. The monoisotopic (exact) mass is 604 g/mol. The number of benzene rings is 1. The molecule has 0 radical (unpaired) electrons. The lowest BCUT2D eigenvalue weighted by atomic mass is 9.92. The summed E-state index contributed by atoms with van der Waals surface area (Å²) in [5.74, 6) is 0.363. The van der Waals surface area contributed by atoms with E-state index in [1.807, 2.05) is 22.0 Å². The Bertz CT molecular complexity index is 1740. The zero-order chi connectivity index (χ0) is 28.5. The standard InChI is InChI=1S/C27H27F3N6O3S2/c1-41(37,38)26-34-25-23(40-26)22(19-6-3-17(27(28,29)30)12-20(19)35-8-2-9-35)32-24(33-25)15-7-10-39-21(11-15)16-13-31-36(14-16)18-4-5-18/h3,6,12-15,18,21H,2,4-5,7-11H2,1H3/t15-,21-/m0/s1. The number of nitrogens with zero attached hydrogens (tertiary/aromatic N) is 6. The first-order valence-electron chi connectivity index (χ1n) is 13.6. The van der Waals surface area contributed by atoms with Crippen LogP contribution in [-0.2, 0) is 20.8 Å². The Morgan fingerprint density at radius 2 is 1.90 bits per heavy atom. The largest absolute Gasteiger partial charge is 0.416 e. The second kappa shape index (κ2) is 9.73. The highest BCUT2D eigenvalue weighted by atomic mass is 32.2. The maximum atomic E-state index is 13.7. The molecule has 1 aromatic carbocycles. The summed E-state index contributed by atoms with van der Waals surface area (Å²) in [5, 5.41) is 4.49. The van der Waals surface area contributed by atoms with Crippen LogP contribution in [0, 0.1) is 0 Å². The molecule has 1 aliphatic carbocycles. The van der Waals surface area contributed by atoms with E-state index in [1.54, 1.807) is 0 Å². The van der Waals surface area contributed by atoms with E-state index < -0.39 is 21.6 Å². The smallest absolute Gasteiger partial charge is 0.373 e. The number of alkyl halides is 3. The second-order valence-corrected chi connectivity index (χ2v) is 14.2. The molecule has 0 amide bonds. The minimum atomic E-state index is -4.50. The van der Waals surface area contributed by atoms with Crippen molar-refractivity contribution in [2.75, 3.05) is 30.9 Å². The zero-order valence-corrected chi connectivity index (χ0v) is 23.8. The number of ether oxygens (including phenoxy) is 1. The van der Waals surface area contributed by atoms with Gasteiger partial charge in [0.2, 0.25) is 14.2 Å². The third kappa shape index (κ3) is 5.10. The minimum Gasteiger partial charge on any atom is -0.373 e. The molecule has 216 valence electrons. The lowest BCUT2D eigenvalue weighted by Gasteiger charge is -2.35. The van der Waals surface area contributed by atoms with Crippen molar-refractivity contribution in [2.24, 2.45) is 0 Å². The average molecular weight is 605 g/mol. The molecule has 0 spiro atoms. The van der Waals surface area contributed by atoms with Gasteiger partial charge >= 0.3 is 6.18 Å². The number of sulfone groups is 1. The van der Waals surface area contributed by atoms with Gasteiger partial charge in [-0.15, -0.1) is 0 Å². The zero-order valence-electron chi connectivity index (χ0n) is 22.1. The van der Waals surface area contributed by atoms with E-state index in [2.05, 4.69) is 10.1 Å². The first-order valence-corrected chi connectivity index (χ1v) is 16.3. The predicted molar refractivity (Wildman–Crippen MR) is 147 cm³/mol. The Morgan fingerprint density at radius 1 is 1.10 bits per heavy atom. The summed E-state index contributed by atoms with van der Waals surface area (Å²) in [7, 11) is -3.64. The predicted octanol–water partition coefficient (Wildman–Crippen LogP) is 5.55. The molecule has 41 heavy (non-hydrogen) atoms. The number of fused-ring (bicyclic) bond motifs is 1. The first-order chi connectivity index (χ1) is 19.5. The van der Waals surface area contributed by atoms with Crippen molar-refractivity contribution >= 4 is 37.2 Å². The normalized spacial score (nSPS) is 21.8. The molecule has 5 heterocycles. The summed E-state index contributed by atoms with van der Waals surface area (Å²) in [6, 6.07) is 4.09.